The first-order chi connectivity index (χ1) is 17.1. The Bertz CT molecular complexity index is 1100. The molecule has 202 valence electrons. The van der Waals surface area contributed by atoms with Crippen LogP contribution < -0.4 is 10.2 Å². The molecule has 1 amide bonds. The predicted molar refractivity (Wildman–Crippen MR) is 152 cm³/mol. The van der Waals surface area contributed by atoms with E-state index in [1.54, 1.807) is 0 Å². The molecule has 0 aliphatic carbocycles. The van der Waals surface area contributed by atoms with Gasteiger partial charge in [0.05, 0.1) is 22.5 Å². The zero-order valence-electron chi connectivity index (χ0n) is 24.1. The first-order valence-electron chi connectivity index (χ1n) is 13.1. The molecule has 1 atom stereocenters. The van der Waals surface area contributed by atoms with Gasteiger partial charge in [-0.2, -0.15) is 0 Å². The molecule has 0 aromatic heterocycles. The van der Waals surface area contributed by atoms with Gasteiger partial charge in [0.15, 0.2) is 11.0 Å². The second-order valence-corrected chi connectivity index (χ2v) is 13.1. The van der Waals surface area contributed by atoms with Gasteiger partial charge in [0.25, 0.3) is 0 Å². The van der Waals surface area contributed by atoms with Crippen molar-refractivity contribution >= 4 is 29.5 Å². The molecule has 0 radical (unpaired) electrons. The minimum Gasteiger partial charge on any atom is -0.399 e. The number of benzene rings is 2. The molecule has 1 N–H and O–H groups in total. The third kappa shape index (κ3) is 6.91. The molecule has 2 aromatic carbocycles. The standard InChI is InChI=1S/C29H43BN2O4S/c1-19(2)24-15-22(30-35-28(5,6)29(7,8)36-30)16-25(20(3)4)26(24)17-27(33)31-37(34)23-13-11-21(12-14-23)18-32(9)10/h11-16,19-20H,17-18H2,1-10H3,(H,31,33). The fourth-order valence-corrected chi connectivity index (χ4v) is 5.31. The number of hydrogen-bond donors (Lipinski definition) is 1. The van der Waals surface area contributed by atoms with Gasteiger partial charge < -0.3 is 14.2 Å². The van der Waals surface area contributed by atoms with Gasteiger partial charge in [-0.3, -0.25) is 9.52 Å². The summed E-state index contributed by atoms with van der Waals surface area (Å²) in [7, 11) is 1.92. The van der Waals surface area contributed by atoms with Gasteiger partial charge in [-0.25, -0.2) is 4.21 Å². The Hall–Kier alpha value is -2.00. The van der Waals surface area contributed by atoms with Crippen LogP contribution in [0.2, 0.25) is 0 Å². The number of carbonyl (C=O) groups excluding carboxylic acids is 1. The summed E-state index contributed by atoms with van der Waals surface area (Å²) in [6.07, 6.45) is 0.162. The Morgan fingerprint density at radius 3 is 1.86 bits per heavy atom. The van der Waals surface area contributed by atoms with Crippen molar-refractivity contribution in [2.24, 2.45) is 0 Å². The Balaban J connectivity index is 1.85. The normalized spacial score (nSPS) is 17.6. The van der Waals surface area contributed by atoms with Crippen molar-refractivity contribution in [3.8, 4) is 0 Å². The van der Waals surface area contributed by atoms with Crippen LogP contribution in [0.5, 0.6) is 0 Å². The molecule has 1 aliphatic rings. The quantitative estimate of drug-likeness (QED) is 0.481. The van der Waals surface area contributed by atoms with E-state index in [9.17, 15) is 9.00 Å². The van der Waals surface area contributed by atoms with E-state index >= 15 is 0 Å². The molecule has 1 aliphatic heterocycles. The van der Waals surface area contributed by atoms with Gasteiger partial charge >= 0.3 is 7.12 Å². The third-order valence-electron chi connectivity index (χ3n) is 7.29. The maximum Gasteiger partial charge on any atom is 0.494 e. The zero-order chi connectivity index (χ0) is 27.7. The van der Waals surface area contributed by atoms with Gasteiger partial charge in [0, 0.05) is 6.54 Å². The second-order valence-electron chi connectivity index (χ2n) is 11.9. The van der Waals surface area contributed by atoms with Crippen LogP contribution in [0.1, 0.15) is 89.5 Å². The molecule has 6 nitrogen and oxygen atoms in total. The van der Waals surface area contributed by atoms with Gasteiger partial charge in [-0.05, 0) is 93.5 Å². The predicted octanol–water partition coefficient (Wildman–Crippen LogP) is 4.68. The lowest BCUT2D eigenvalue weighted by Gasteiger charge is -2.32. The highest BCUT2D eigenvalue weighted by Gasteiger charge is 2.52. The van der Waals surface area contributed by atoms with E-state index < -0.39 is 29.3 Å². The van der Waals surface area contributed by atoms with Crippen molar-refractivity contribution in [3.63, 3.8) is 0 Å². The smallest absolute Gasteiger partial charge is 0.399 e. The summed E-state index contributed by atoms with van der Waals surface area (Å²) in [6, 6.07) is 11.7. The van der Waals surface area contributed by atoms with E-state index in [2.05, 4.69) is 49.4 Å². The van der Waals surface area contributed by atoms with Crippen molar-refractivity contribution in [3.05, 3.63) is 58.7 Å². The summed E-state index contributed by atoms with van der Waals surface area (Å²) in [5, 5.41) is 0. The molecule has 3 rings (SSSR count). The van der Waals surface area contributed by atoms with E-state index in [1.165, 1.54) is 0 Å². The highest BCUT2D eigenvalue weighted by atomic mass is 32.2. The maximum atomic E-state index is 13.1. The lowest BCUT2D eigenvalue weighted by molar-refractivity contribution is -0.118. The van der Waals surface area contributed by atoms with Crippen LogP contribution in [0, 0.1) is 0 Å². The van der Waals surface area contributed by atoms with Gasteiger partial charge in [-0.1, -0.05) is 52.0 Å². The van der Waals surface area contributed by atoms with E-state index in [0.717, 1.165) is 34.3 Å². The number of rotatable bonds is 9. The molecular weight excluding hydrogens is 483 g/mol. The SMILES string of the molecule is CC(C)c1cc(B2OC(C)(C)C(C)(C)O2)cc(C(C)C)c1CC(=O)NS(=O)c1ccc(CN(C)C)cc1. The van der Waals surface area contributed by atoms with E-state index in [1.807, 2.05) is 66.1 Å². The average molecular weight is 527 g/mol. The molecule has 1 fully saturated rings. The highest BCUT2D eigenvalue weighted by molar-refractivity contribution is 7.83. The number of carbonyl (C=O) groups is 1. The molecule has 1 unspecified atom stereocenters. The maximum absolute atomic E-state index is 13.1. The van der Waals surface area contributed by atoms with Crippen LogP contribution in [0.4, 0.5) is 0 Å². The molecule has 0 saturated carbocycles. The van der Waals surface area contributed by atoms with Crippen molar-refractivity contribution in [2.75, 3.05) is 14.1 Å². The summed E-state index contributed by atoms with van der Waals surface area (Å²) < 4.78 is 28.3. The lowest BCUT2D eigenvalue weighted by atomic mass is 9.73. The monoisotopic (exact) mass is 526 g/mol. The Kier molecular flexibility index (Phi) is 9.11. The molecule has 8 heteroatoms. The van der Waals surface area contributed by atoms with Gasteiger partial charge in [0.1, 0.15) is 0 Å². The molecular formula is C29H43BN2O4S. The van der Waals surface area contributed by atoms with Crippen LogP contribution in [-0.4, -0.2) is 47.4 Å². The topological polar surface area (TPSA) is 67.9 Å². The second kappa shape index (κ2) is 11.4. The Labute approximate surface area is 226 Å². The first-order valence-corrected chi connectivity index (χ1v) is 14.2. The Morgan fingerprint density at radius 1 is 0.946 bits per heavy atom. The van der Waals surface area contributed by atoms with Crippen LogP contribution in [0.15, 0.2) is 41.3 Å². The summed E-state index contributed by atoms with van der Waals surface area (Å²) in [4.78, 5) is 15.8. The largest absolute Gasteiger partial charge is 0.494 e. The first kappa shape index (κ1) is 29.6. The summed E-state index contributed by atoms with van der Waals surface area (Å²) in [5.74, 6) is 0.123. The minimum atomic E-state index is -1.62. The van der Waals surface area contributed by atoms with Crippen LogP contribution in [-0.2, 0) is 38.1 Å². The van der Waals surface area contributed by atoms with Crippen molar-refractivity contribution in [1.29, 1.82) is 0 Å². The molecule has 37 heavy (non-hydrogen) atoms. The number of amides is 1. The van der Waals surface area contributed by atoms with Gasteiger partial charge in [0.2, 0.25) is 5.91 Å². The number of hydrogen-bond acceptors (Lipinski definition) is 5. The highest BCUT2D eigenvalue weighted by Crippen LogP contribution is 2.37. The molecule has 1 heterocycles. The van der Waals surface area contributed by atoms with E-state index in [4.69, 9.17) is 9.31 Å². The van der Waals surface area contributed by atoms with Crippen LogP contribution in [0.3, 0.4) is 0 Å². The summed E-state index contributed by atoms with van der Waals surface area (Å²) in [6.45, 7) is 17.5. The van der Waals surface area contributed by atoms with Crippen LogP contribution >= 0.6 is 0 Å². The fraction of sp³-hybridized carbons (Fsp3) is 0.552. The molecule has 2 aromatic rings. The lowest BCUT2D eigenvalue weighted by Crippen LogP contribution is -2.41. The Morgan fingerprint density at radius 2 is 1.43 bits per heavy atom. The third-order valence-corrected chi connectivity index (χ3v) is 8.40. The van der Waals surface area contributed by atoms with Crippen molar-refractivity contribution in [2.45, 2.75) is 96.3 Å². The fourth-order valence-electron chi connectivity index (χ4n) is 4.53. The summed E-state index contributed by atoms with van der Waals surface area (Å²) >= 11 is 0. The average Bonchev–Trinajstić information content (AvgIpc) is 3.00. The number of nitrogens with one attached hydrogen (secondary N) is 1. The van der Waals surface area contributed by atoms with Gasteiger partial charge in [-0.15, -0.1) is 0 Å². The molecule has 0 spiro atoms. The minimum absolute atomic E-state index is 0.162. The van der Waals surface area contributed by atoms with E-state index in [0.29, 0.717) is 4.90 Å². The summed E-state index contributed by atoms with van der Waals surface area (Å²) in [5.41, 5.74) is 4.40. The molecule has 1 saturated heterocycles. The molecule has 0 bridgehead atoms. The zero-order valence-corrected chi connectivity index (χ0v) is 24.9. The van der Waals surface area contributed by atoms with Crippen molar-refractivity contribution < 1.29 is 18.3 Å². The van der Waals surface area contributed by atoms with E-state index in [-0.39, 0.29) is 24.2 Å². The van der Waals surface area contributed by atoms with Crippen molar-refractivity contribution in [1.82, 2.24) is 9.62 Å². The van der Waals surface area contributed by atoms with Crippen LogP contribution in [0.25, 0.3) is 0 Å². The number of nitrogens with zero attached hydrogens (tertiary/aromatic N) is 1.